The molecule has 7 nitrogen and oxygen atoms in total. The normalized spacial score (nSPS) is 13.8. The third kappa shape index (κ3) is 6.85. The molecule has 166 valence electrons. The fourth-order valence-electron chi connectivity index (χ4n) is 3.75. The van der Waals surface area contributed by atoms with E-state index in [2.05, 4.69) is 55.5 Å². The highest BCUT2D eigenvalue weighted by Crippen LogP contribution is 2.19. The van der Waals surface area contributed by atoms with Crippen LogP contribution in [0.5, 0.6) is 5.75 Å². The van der Waals surface area contributed by atoms with E-state index in [0.717, 1.165) is 74.2 Å². The van der Waals surface area contributed by atoms with Crippen LogP contribution in [0, 0.1) is 6.92 Å². The maximum Gasteiger partial charge on any atom is 0.190 e. The summed E-state index contributed by atoms with van der Waals surface area (Å²) in [5.74, 6) is 4.07. The molecule has 0 bridgehead atoms. The number of hydrogen-bond donors (Lipinski definition) is 2. The lowest BCUT2D eigenvalue weighted by Gasteiger charge is -2.13. The van der Waals surface area contributed by atoms with Gasteiger partial charge in [0.2, 0.25) is 0 Å². The molecule has 0 saturated carbocycles. The third-order valence-electron chi connectivity index (χ3n) is 5.46. The van der Waals surface area contributed by atoms with Crippen molar-refractivity contribution in [3.8, 4) is 5.75 Å². The van der Waals surface area contributed by atoms with E-state index in [1.807, 2.05) is 7.05 Å². The molecule has 2 N–H and O–H groups in total. The summed E-state index contributed by atoms with van der Waals surface area (Å²) in [6, 6.07) is 6.36. The van der Waals surface area contributed by atoms with Crippen molar-refractivity contribution in [3.63, 3.8) is 0 Å². The predicted molar refractivity (Wildman–Crippen MR) is 132 cm³/mol. The molecule has 2 heterocycles. The average molecular weight is 526 g/mol. The van der Waals surface area contributed by atoms with Gasteiger partial charge in [-0.2, -0.15) is 0 Å². The summed E-state index contributed by atoms with van der Waals surface area (Å²) in [6.07, 6.45) is 7.70. The molecule has 2 aromatic rings. The van der Waals surface area contributed by atoms with E-state index in [1.54, 1.807) is 7.11 Å². The highest BCUT2D eigenvalue weighted by Gasteiger charge is 2.14. The number of fused-ring (bicyclic) bond motifs is 1. The van der Waals surface area contributed by atoms with Crippen LogP contribution in [0.3, 0.4) is 0 Å². The summed E-state index contributed by atoms with van der Waals surface area (Å²) >= 11 is 0. The molecule has 1 aromatic carbocycles. The van der Waals surface area contributed by atoms with Gasteiger partial charge in [0.1, 0.15) is 17.4 Å². The molecule has 0 saturated heterocycles. The second kappa shape index (κ2) is 12.8. The molecule has 8 heteroatoms. The Morgan fingerprint density at radius 1 is 1.13 bits per heavy atom. The molecule has 0 radical (unpaired) electrons. The fourth-order valence-corrected chi connectivity index (χ4v) is 3.75. The summed E-state index contributed by atoms with van der Waals surface area (Å²) < 4.78 is 7.73. The highest BCUT2D eigenvalue weighted by atomic mass is 127. The summed E-state index contributed by atoms with van der Waals surface area (Å²) in [5.41, 5.74) is 2.41. The zero-order valence-corrected chi connectivity index (χ0v) is 20.7. The van der Waals surface area contributed by atoms with Crippen LogP contribution in [0.4, 0.5) is 0 Å². The molecule has 0 unspecified atom stereocenters. The van der Waals surface area contributed by atoms with Crippen molar-refractivity contribution in [2.24, 2.45) is 4.99 Å². The second-order valence-corrected chi connectivity index (χ2v) is 7.58. The van der Waals surface area contributed by atoms with Crippen molar-refractivity contribution < 1.29 is 4.74 Å². The first kappa shape index (κ1) is 24.4. The van der Waals surface area contributed by atoms with Crippen LogP contribution >= 0.6 is 24.0 Å². The van der Waals surface area contributed by atoms with Crippen LogP contribution in [0.1, 0.15) is 48.5 Å². The first-order chi connectivity index (χ1) is 14.2. The number of aryl methyl sites for hydroxylation is 3. The van der Waals surface area contributed by atoms with Crippen molar-refractivity contribution in [1.29, 1.82) is 0 Å². The first-order valence-corrected chi connectivity index (χ1v) is 10.7. The van der Waals surface area contributed by atoms with Crippen molar-refractivity contribution in [2.75, 3.05) is 27.2 Å². The minimum atomic E-state index is 0. The van der Waals surface area contributed by atoms with Gasteiger partial charge in [-0.05, 0) is 49.8 Å². The average Bonchev–Trinajstić information content (AvgIpc) is 2.96. The van der Waals surface area contributed by atoms with E-state index in [1.165, 1.54) is 24.8 Å². The summed E-state index contributed by atoms with van der Waals surface area (Å²) in [4.78, 5) is 4.32. The summed E-state index contributed by atoms with van der Waals surface area (Å²) in [5, 5.41) is 15.6. The Balaban J connectivity index is 0.00000320. The van der Waals surface area contributed by atoms with Gasteiger partial charge in [-0.25, -0.2) is 0 Å². The SMILES string of the molecule is CN=C(NCCCc1nnc2n1CCCCC2)NCCc1ccc(C)c(OC)c1.I. The third-order valence-corrected chi connectivity index (χ3v) is 5.46. The number of halogens is 1. The number of ether oxygens (including phenoxy) is 1. The van der Waals surface area contributed by atoms with E-state index in [-0.39, 0.29) is 24.0 Å². The first-order valence-electron chi connectivity index (χ1n) is 10.7. The number of aromatic nitrogens is 3. The van der Waals surface area contributed by atoms with E-state index in [9.17, 15) is 0 Å². The zero-order chi connectivity index (χ0) is 20.5. The molecule has 1 aliphatic heterocycles. The molecule has 0 spiro atoms. The number of hydrogen-bond acceptors (Lipinski definition) is 4. The number of nitrogens with zero attached hydrogens (tertiary/aromatic N) is 4. The molecule has 3 rings (SSSR count). The van der Waals surface area contributed by atoms with Crippen molar-refractivity contribution in [3.05, 3.63) is 41.0 Å². The lowest BCUT2D eigenvalue weighted by atomic mass is 10.1. The van der Waals surface area contributed by atoms with Gasteiger partial charge in [-0.3, -0.25) is 4.99 Å². The Labute approximate surface area is 197 Å². The van der Waals surface area contributed by atoms with Crippen molar-refractivity contribution >= 4 is 29.9 Å². The van der Waals surface area contributed by atoms with Crippen LogP contribution in [-0.4, -0.2) is 48.0 Å². The highest BCUT2D eigenvalue weighted by molar-refractivity contribution is 14.0. The van der Waals surface area contributed by atoms with Crippen molar-refractivity contribution in [2.45, 2.75) is 58.4 Å². The zero-order valence-electron chi connectivity index (χ0n) is 18.4. The van der Waals surface area contributed by atoms with E-state index < -0.39 is 0 Å². The molecular weight excluding hydrogens is 491 g/mol. The van der Waals surface area contributed by atoms with Gasteiger partial charge in [-0.1, -0.05) is 18.6 Å². The van der Waals surface area contributed by atoms with Gasteiger partial charge in [0.15, 0.2) is 5.96 Å². The maximum atomic E-state index is 5.40. The van der Waals surface area contributed by atoms with Gasteiger partial charge in [0, 0.05) is 39.5 Å². The molecule has 30 heavy (non-hydrogen) atoms. The number of benzene rings is 1. The Morgan fingerprint density at radius 2 is 1.97 bits per heavy atom. The monoisotopic (exact) mass is 526 g/mol. The number of nitrogens with one attached hydrogen (secondary N) is 2. The van der Waals surface area contributed by atoms with Gasteiger partial charge in [0.05, 0.1) is 7.11 Å². The van der Waals surface area contributed by atoms with Crippen LogP contribution < -0.4 is 15.4 Å². The molecule has 0 atom stereocenters. The Hall–Kier alpha value is -1.84. The second-order valence-electron chi connectivity index (χ2n) is 7.58. The lowest BCUT2D eigenvalue weighted by Crippen LogP contribution is -2.38. The molecule has 0 amide bonds. The Kier molecular flexibility index (Phi) is 10.4. The summed E-state index contributed by atoms with van der Waals surface area (Å²) in [7, 11) is 3.52. The van der Waals surface area contributed by atoms with E-state index in [4.69, 9.17) is 4.74 Å². The smallest absolute Gasteiger partial charge is 0.190 e. The number of aliphatic imine (C=N–C) groups is 1. The van der Waals surface area contributed by atoms with Gasteiger partial charge >= 0.3 is 0 Å². The Bertz CT molecular complexity index is 820. The topological polar surface area (TPSA) is 76.4 Å². The number of rotatable bonds is 8. The molecule has 1 aliphatic rings. The molecule has 1 aromatic heterocycles. The largest absolute Gasteiger partial charge is 0.496 e. The summed E-state index contributed by atoms with van der Waals surface area (Å²) in [6.45, 7) is 4.81. The maximum absolute atomic E-state index is 5.40. The number of methoxy groups -OCH3 is 1. The van der Waals surface area contributed by atoms with E-state index in [0.29, 0.717) is 0 Å². The standard InChI is InChI=1S/C22H34N6O.HI/c1-17-10-11-18(16-19(17)29-3)12-14-25-22(23-2)24-13-7-9-21-27-26-20-8-5-4-6-15-28(20)21;/h10-11,16H,4-9,12-15H2,1-3H3,(H2,23,24,25);1H. The van der Waals surface area contributed by atoms with Crippen molar-refractivity contribution in [1.82, 2.24) is 25.4 Å². The molecular formula is C22H35IN6O. The van der Waals surface area contributed by atoms with Crippen LogP contribution in [-0.2, 0) is 25.8 Å². The lowest BCUT2D eigenvalue weighted by molar-refractivity contribution is 0.411. The van der Waals surface area contributed by atoms with E-state index >= 15 is 0 Å². The molecule has 0 aliphatic carbocycles. The van der Waals surface area contributed by atoms with Crippen LogP contribution in [0.2, 0.25) is 0 Å². The van der Waals surface area contributed by atoms with Gasteiger partial charge in [0.25, 0.3) is 0 Å². The van der Waals surface area contributed by atoms with Gasteiger partial charge in [-0.15, -0.1) is 34.2 Å². The quantitative estimate of drug-likeness (QED) is 0.239. The molecule has 0 fully saturated rings. The van der Waals surface area contributed by atoms with Gasteiger partial charge < -0.3 is 19.9 Å². The van der Waals surface area contributed by atoms with Crippen LogP contribution in [0.15, 0.2) is 23.2 Å². The predicted octanol–water partition coefficient (Wildman–Crippen LogP) is 3.28. The fraction of sp³-hybridized carbons (Fsp3) is 0.591. The van der Waals surface area contributed by atoms with Crippen LogP contribution in [0.25, 0.3) is 0 Å². The Morgan fingerprint density at radius 3 is 2.77 bits per heavy atom. The minimum absolute atomic E-state index is 0. The minimum Gasteiger partial charge on any atom is -0.496 e. The number of guanidine groups is 1.